The van der Waals surface area contributed by atoms with Gasteiger partial charge in [-0.15, -0.1) is 0 Å². The molecule has 9 heteroatoms. The van der Waals surface area contributed by atoms with Gasteiger partial charge in [-0.25, -0.2) is 9.48 Å². The second-order valence-corrected chi connectivity index (χ2v) is 7.69. The molecule has 2 aromatic carbocycles. The molecule has 1 amide bonds. The number of anilines is 1. The zero-order valence-corrected chi connectivity index (χ0v) is 18.3. The third-order valence-electron chi connectivity index (χ3n) is 5.92. The van der Waals surface area contributed by atoms with Gasteiger partial charge in [-0.3, -0.25) is 4.79 Å². The Kier molecular flexibility index (Phi) is 4.63. The minimum atomic E-state index is -1.62. The number of rotatable bonds is 4. The van der Waals surface area contributed by atoms with E-state index in [-0.39, 0.29) is 23.9 Å². The van der Waals surface area contributed by atoms with E-state index in [9.17, 15) is 9.59 Å². The average Bonchev–Trinajstić information content (AvgIpc) is 3.28. The molecule has 0 aliphatic carbocycles. The molecule has 5 rings (SSSR count). The summed E-state index contributed by atoms with van der Waals surface area (Å²) < 4.78 is 18.3. The van der Waals surface area contributed by atoms with Gasteiger partial charge < -0.3 is 25.3 Å². The molecule has 9 nitrogen and oxygen atoms in total. The van der Waals surface area contributed by atoms with E-state index in [0.717, 1.165) is 0 Å². The van der Waals surface area contributed by atoms with Crippen molar-refractivity contribution >= 4 is 17.6 Å². The molecule has 168 valence electrons. The number of hydrogen-bond donors (Lipinski definition) is 2. The van der Waals surface area contributed by atoms with Gasteiger partial charge >= 0.3 is 5.97 Å². The number of carbonyl (C=O) groups excluding carboxylic acids is 2. The molecule has 3 heterocycles. The van der Waals surface area contributed by atoms with Gasteiger partial charge in [0.05, 0.1) is 30.7 Å². The van der Waals surface area contributed by atoms with Crippen LogP contribution in [-0.4, -0.2) is 35.4 Å². The maximum absolute atomic E-state index is 13.8. The number of aryl methyl sites for hydroxylation is 1. The number of amides is 1. The van der Waals surface area contributed by atoms with Crippen LogP contribution in [0.25, 0.3) is 5.69 Å². The summed E-state index contributed by atoms with van der Waals surface area (Å²) in [7, 11) is 1.53. The van der Waals surface area contributed by atoms with Crippen LogP contribution in [0.2, 0.25) is 0 Å². The summed E-state index contributed by atoms with van der Waals surface area (Å²) in [6.45, 7) is 3.55. The number of fused-ring (bicyclic) bond motifs is 4. The number of aromatic nitrogens is 2. The molecule has 0 saturated carbocycles. The van der Waals surface area contributed by atoms with Gasteiger partial charge in [-0.1, -0.05) is 18.2 Å². The zero-order valence-electron chi connectivity index (χ0n) is 18.3. The summed E-state index contributed by atoms with van der Waals surface area (Å²) in [6, 6.07) is 14.5. The first kappa shape index (κ1) is 20.6. The molecule has 1 spiro atoms. The monoisotopic (exact) mass is 446 g/mol. The van der Waals surface area contributed by atoms with E-state index in [1.165, 1.54) is 7.11 Å². The molecule has 1 atom stereocenters. The average molecular weight is 446 g/mol. The maximum Gasteiger partial charge on any atom is 0.341 e. The SMILES string of the molecule is CCOC(=O)C1=C(N)Oc2c(c(C)nn2-c2ccccc2)[C@]12C(=O)Nc1ccc(OC)cc12. The lowest BCUT2D eigenvalue weighted by Crippen LogP contribution is -2.46. The van der Waals surface area contributed by atoms with E-state index in [2.05, 4.69) is 10.4 Å². The van der Waals surface area contributed by atoms with Gasteiger partial charge in [0.15, 0.2) is 0 Å². The van der Waals surface area contributed by atoms with Crippen molar-refractivity contribution in [2.45, 2.75) is 19.3 Å². The van der Waals surface area contributed by atoms with Crippen LogP contribution < -0.4 is 20.5 Å². The van der Waals surface area contributed by atoms with Crippen molar-refractivity contribution in [3.63, 3.8) is 0 Å². The maximum atomic E-state index is 13.8. The van der Waals surface area contributed by atoms with E-state index in [1.807, 2.05) is 30.3 Å². The van der Waals surface area contributed by atoms with Crippen molar-refractivity contribution in [2.75, 3.05) is 19.0 Å². The minimum absolute atomic E-state index is 0.0861. The first-order valence-electron chi connectivity index (χ1n) is 10.4. The van der Waals surface area contributed by atoms with E-state index in [4.69, 9.17) is 19.9 Å². The van der Waals surface area contributed by atoms with Gasteiger partial charge in [0.25, 0.3) is 0 Å². The molecule has 0 bridgehead atoms. The van der Waals surface area contributed by atoms with Crippen molar-refractivity contribution in [2.24, 2.45) is 5.73 Å². The molecular weight excluding hydrogens is 424 g/mol. The van der Waals surface area contributed by atoms with E-state index >= 15 is 0 Å². The van der Waals surface area contributed by atoms with Crippen molar-refractivity contribution in [3.8, 4) is 17.3 Å². The Hall–Kier alpha value is -4.27. The number of hydrogen-bond acceptors (Lipinski definition) is 7. The first-order valence-corrected chi connectivity index (χ1v) is 10.4. The smallest absolute Gasteiger partial charge is 0.341 e. The molecule has 0 saturated heterocycles. The van der Waals surface area contributed by atoms with Crippen LogP contribution in [0.4, 0.5) is 5.69 Å². The standard InChI is InChI=1S/C24H22N4O5/c1-4-32-22(29)19-20(25)33-21-18(13(2)27-28(21)14-8-6-5-7-9-14)24(19)16-12-15(31-3)10-11-17(16)26-23(24)30/h5-12H,4,25H2,1-3H3,(H,26,30)/t24-/m0/s1. The lowest BCUT2D eigenvalue weighted by molar-refractivity contribution is -0.140. The molecule has 0 radical (unpaired) electrons. The highest BCUT2D eigenvalue weighted by Crippen LogP contribution is 2.55. The summed E-state index contributed by atoms with van der Waals surface area (Å²) in [5.41, 5.74) is 7.32. The van der Waals surface area contributed by atoms with Crippen molar-refractivity contribution < 1.29 is 23.8 Å². The Morgan fingerprint density at radius 3 is 2.70 bits per heavy atom. The number of para-hydroxylation sites is 1. The number of nitrogens with zero attached hydrogens (tertiary/aromatic N) is 2. The molecule has 3 aromatic rings. The Morgan fingerprint density at radius 2 is 2.00 bits per heavy atom. The second kappa shape index (κ2) is 7.40. The lowest BCUT2D eigenvalue weighted by Gasteiger charge is -2.34. The molecule has 2 aliphatic heterocycles. The van der Waals surface area contributed by atoms with Crippen LogP contribution in [0.5, 0.6) is 11.6 Å². The Morgan fingerprint density at radius 1 is 1.24 bits per heavy atom. The van der Waals surface area contributed by atoms with Crippen molar-refractivity contribution in [3.05, 3.63) is 76.8 Å². The topological polar surface area (TPSA) is 118 Å². The minimum Gasteiger partial charge on any atom is -0.497 e. The predicted molar refractivity (Wildman–Crippen MR) is 119 cm³/mol. The van der Waals surface area contributed by atoms with Gasteiger partial charge in [0.2, 0.25) is 17.7 Å². The fraction of sp³-hybridized carbons (Fsp3) is 0.208. The number of esters is 1. The highest BCUT2D eigenvalue weighted by molar-refractivity contribution is 6.17. The fourth-order valence-corrected chi connectivity index (χ4v) is 4.60. The largest absolute Gasteiger partial charge is 0.497 e. The number of methoxy groups -OCH3 is 1. The van der Waals surface area contributed by atoms with Crippen LogP contribution in [0.1, 0.15) is 23.7 Å². The predicted octanol–water partition coefficient (Wildman–Crippen LogP) is 2.55. The lowest BCUT2D eigenvalue weighted by atomic mass is 9.68. The van der Waals surface area contributed by atoms with Crippen molar-refractivity contribution in [1.29, 1.82) is 0 Å². The number of carbonyl (C=O) groups is 2. The third kappa shape index (κ3) is 2.75. The van der Waals surface area contributed by atoms with E-state index in [1.54, 1.807) is 36.7 Å². The summed E-state index contributed by atoms with van der Waals surface area (Å²) in [5.74, 6) is -0.623. The van der Waals surface area contributed by atoms with Gasteiger partial charge in [-0.2, -0.15) is 5.10 Å². The number of nitrogens with two attached hydrogens (primary N) is 1. The second-order valence-electron chi connectivity index (χ2n) is 7.69. The molecule has 1 aromatic heterocycles. The van der Waals surface area contributed by atoms with Gasteiger partial charge in [0, 0.05) is 11.3 Å². The Labute approximate surface area is 189 Å². The zero-order chi connectivity index (χ0) is 23.3. The molecule has 0 unspecified atom stereocenters. The van der Waals surface area contributed by atoms with Crippen LogP contribution in [0, 0.1) is 6.92 Å². The van der Waals surface area contributed by atoms with Gasteiger partial charge in [0.1, 0.15) is 16.7 Å². The molecule has 2 aliphatic rings. The van der Waals surface area contributed by atoms with Crippen LogP contribution in [0.15, 0.2) is 60.0 Å². The summed E-state index contributed by atoms with van der Waals surface area (Å²) in [4.78, 5) is 27.0. The summed E-state index contributed by atoms with van der Waals surface area (Å²) >= 11 is 0. The number of ether oxygens (including phenoxy) is 3. The Balaban J connectivity index is 1.88. The van der Waals surface area contributed by atoms with E-state index < -0.39 is 17.3 Å². The quantitative estimate of drug-likeness (QED) is 0.592. The number of nitrogens with one attached hydrogen (secondary N) is 1. The fourth-order valence-electron chi connectivity index (χ4n) is 4.60. The number of benzene rings is 2. The van der Waals surface area contributed by atoms with Crippen LogP contribution >= 0.6 is 0 Å². The summed E-state index contributed by atoms with van der Waals surface area (Å²) in [6.07, 6.45) is 0. The highest BCUT2D eigenvalue weighted by atomic mass is 16.5. The van der Waals surface area contributed by atoms with Crippen molar-refractivity contribution in [1.82, 2.24) is 9.78 Å². The van der Waals surface area contributed by atoms with Crippen LogP contribution in [-0.2, 0) is 19.7 Å². The molecule has 3 N–H and O–H groups in total. The molecule has 33 heavy (non-hydrogen) atoms. The normalized spacial score (nSPS) is 18.5. The molecule has 0 fully saturated rings. The summed E-state index contributed by atoms with van der Waals surface area (Å²) in [5, 5.41) is 7.54. The Bertz CT molecular complexity index is 1330. The highest BCUT2D eigenvalue weighted by Gasteiger charge is 2.61. The van der Waals surface area contributed by atoms with E-state index in [0.29, 0.717) is 33.9 Å². The third-order valence-corrected chi connectivity index (χ3v) is 5.92. The molecular formula is C24H22N4O5. The van der Waals surface area contributed by atoms with Gasteiger partial charge in [-0.05, 0) is 44.2 Å². The van der Waals surface area contributed by atoms with Crippen LogP contribution in [0.3, 0.4) is 0 Å². The first-order chi connectivity index (χ1) is 15.9.